The normalized spacial score (nSPS) is 12.5. The Hall–Kier alpha value is -2.24. The van der Waals surface area contributed by atoms with Crippen LogP contribution in [0.3, 0.4) is 0 Å². The molecule has 0 fully saturated rings. The van der Waals surface area contributed by atoms with Gasteiger partial charge in [-0.05, 0) is 30.2 Å². The molecule has 2 rings (SSSR count). The highest BCUT2D eigenvalue weighted by molar-refractivity contribution is 5.85. The van der Waals surface area contributed by atoms with Gasteiger partial charge in [-0.25, -0.2) is 0 Å². The number of amides is 1. The Morgan fingerprint density at radius 2 is 1.77 bits per heavy atom. The van der Waals surface area contributed by atoms with Crippen molar-refractivity contribution in [3.8, 4) is 11.5 Å². The third-order valence-corrected chi connectivity index (χ3v) is 4.13. The van der Waals surface area contributed by atoms with Gasteiger partial charge in [0.1, 0.15) is 6.61 Å². The number of carbonyl (C=O) groups is 1. The van der Waals surface area contributed by atoms with Gasteiger partial charge in [-0.3, -0.25) is 4.79 Å². The van der Waals surface area contributed by atoms with E-state index in [4.69, 9.17) is 15.2 Å². The molecule has 2 aromatic rings. The minimum absolute atomic E-state index is 0. The highest BCUT2D eigenvalue weighted by Gasteiger charge is 2.16. The summed E-state index contributed by atoms with van der Waals surface area (Å²) >= 11 is 0. The molecule has 0 bridgehead atoms. The molecule has 142 valence electrons. The van der Waals surface area contributed by atoms with Crippen LogP contribution in [0.2, 0.25) is 0 Å². The third-order valence-electron chi connectivity index (χ3n) is 4.13. The van der Waals surface area contributed by atoms with Crippen molar-refractivity contribution >= 4 is 18.3 Å². The Bertz CT molecular complexity index is 693. The van der Waals surface area contributed by atoms with E-state index in [1.54, 1.807) is 7.11 Å². The summed E-state index contributed by atoms with van der Waals surface area (Å²) in [5, 5.41) is 2.89. The zero-order chi connectivity index (χ0) is 18.2. The number of methoxy groups -OCH3 is 1. The molecular weight excluding hydrogens is 352 g/mol. The van der Waals surface area contributed by atoms with Crippen molar-refractivity contribution in [2.45, 2.75) is 33.0 Å². The molecule has 0 aliphatic heterocycles. The number of halogens is 1. The molecular formula is C20H27ClN2O3. The Morgan fingerprint density at radius 1 is 1.08 bits per heavy atom. The average Bonchev–Trinajstić information content (AvgIpc) is 2.64. The fraction of sp³-hybridized carbons (Fsp3) is 0.350. The Kier molecular flexibility index (Phi) is 8.96. The van der Waals surface area contributed by atoms with Crippen LogP contribution in [0.5, 0.6) is 11.5 Å². The first-order valence-corrected chi connectivity index (χ1v) is 8.38. The minimum atomic E-state index is -0.227. The van der Waals surface area contributed by atoms with E-state index in [0.717, 1.165) is 11.1 Å². The molecule has 26 heavy (non-hydrogen) atoms. The summed E-state index contributed by atoms with van der Waals surface area (Å²) in [6, 6.07) is 15.4. The first-order valence-electron chi connectivity index (χ1n) is 8.38. The molecule has 6 heteroatoms. The van der Waals surface area contributed by atoms with Crippen LogP contribution in [-0.2, 0) is 17.9 Å². The standard InChI is InChI=1S/C20H26N2O3.ClH/c1-14(15(2)21)20(23)22-12-17-9-10-18(19(11-17)24-3)25-13-16-7-5-4-6-8-16;/h4-11,14-15H,12-13,21H2,1-3H3,(H,22,23);1H. The molecule has 0 saturated heterocycles. The topological polar surface area (TPSA) is 73.6 Å². The van der Waals surface area contributed by atoms with Crippen LogP contribution in [-0.4, -0.2) is 19.1 Å². The molecule has 0 heterocycles. The van der Waals surface area contributed by atoms with Gasteiger partial charge in [-0.15, -0.1) is 12.4 Å². The Morgan fingerprint density at radius 3 is 2.38 bits per heavy atom. The van der Waals surface area contributed by atoms with E-state index in [0.29, 0.717) is 24.7 Å². The first kappa shape index (κ1) is 21.8. The summed E-state index contributed by atoms with van der Waals surface area (Å²) in [6.45, 7) is 4.54. The number of nitrogens with two attached hydrogens (primary N) is 1. The van der Waals surface area contributed by atoms with Crippen molar-refractivity contribution in [3.05, 3.63) is 59.7 Å². The van der Waals surface area contributed by atoms with Crippen LogP contribution in [0.15, 0.2) is 48.5 Å². The van der Waals surface area contributed by atoms with Gasteiger partial charge < -0.3 is 20.5 Å². The van der Waals surface area contributed by atoms with Crippen LogP contribution in [0, 0.1) is 5.92 Å². The van der Waals surface area contributed by atoms with E-state index in [9.17, 15) is 4.79 Å². The van der Waals surface area contributed by atoms with Crippen LogP contribution in [0.4, 0.5) is 0 Å². The van der Waals surface area contributed by atoms with Crippen molar-refractivity contribution in [2.24, 2.45) is 11.7 Å². The lowest BCUT2D eigenvalue weighted by atomic mass is 10.0. The predicted octanol–water partition coefficient (Wildman–Crippen LogP) is 3.30. The summed E-state index contributed by atoms with van der Waals surface area (Å²) in [5.74, 6) is 1.03. The van der Waals surface area contributed by atoms with E-state index < -0.39 is 0 Å². The molecule has 2 unspecified atom stereocenters. The van der Waals surface area contributed by atoms with Crippen LogP contribution in [0.25, 0.3) is 0 Å². The predicted molar refractivity (Wildman–Crippen MR) is 106 cm³/mol. The Labute approximate surface area is 161 Å². The van der Waals surface area contributed by atoms with E-state index in [1.807, 2.05) is 62.4 Å². The summed E-state index contributed by atoms with van der Waals surface area (Å²) in [4.78, 5) is 12.0. The van der Waals surface area contributed by atoms with E-state index in [-0.39, 0.29) is 30.3 Å². The quantitative estimate of drug-likeness (QED) is 0.739. The number of benzene rings is 2. The van der Waals surface area contributed by atoms with Gasteiger partial charge in [0, 0.05) is 18.5 Å². The zero-order valence-corrected chi connectivity index (χ0v) is 16.2. The highest BCUT2D eigenvalue weighted by Crippen LogP contribution is 2.28. The monoisotopic (exact) mass is 378 g/mol. The summed E-state index contributed by atoms with van der Waals surface area (Å²) < 4.78 is 11.2. The van der Waals surface area contributed by atoms with E-state index >= 15 is 0 Å². The van der Waals surface area contributed by atoms with E-state index in [1.165, 1.54) is 0 Å². The van der Waals surface area contributed by atoms with Crippen molar-refractivity contribution in [1.29, 1.82) is 0 Å². The van der Waals surface area contributed by atoms with Gasteiger partial charge >= 0.3 is 0 Å². The fourth-order valence-corrected chi connectivity index (χ4v) is 2.27. The van der Waals surface area contributed by atoms with Crippen LogP contribution < -0.4 is 20.5 Å². The number of rotatable bonds is 8. The fourth-order valence-electron chi connectivity index (χ4n) is 2.27. The summed E-state index contributed by atoms with van der Waals surface area (Å²) in [5.41, 5.74) is 7.78. The third kappa shape index (κ3) is 6.24. The van der Waals surface area contributed by atoms with Gasteiger partial charge in [0.15, 0.2) is 11.5 Å². The second kappa shape index (κ2) is 10.7. The van der Waals surface area contributed by atoms with Gasteiger partial charge in [-0.2, -0.15) is 0 Å². The molecule has 1 amide bonds. The van der Waals surface area contributed by atoms with Crippen LogP contribution >= 0.6 is 12.4 Å². The molecule has 2 atom stereocenters. The number of carbonyl (C=O) groups excluding carboxylic acids is 1. The summed E-state index contributed by atoms with van der Waals surface area (Å²) in [6.07, 6.45) is 0. The minimum Gasteiger partial charge on any atom is -0.493 e. The molecule has 0 aromatic heterocycles. The number of nitrogens with one attached hydrogen (secondary N) is 1. The molecule has 0 radical (unpaired) electrons. The molecule has 2 aromatic carbocycles. The zero-order valence-electron chi connectivity index (χ0n) is 15.4. The lowest BCUT2D eigenvalue weighted by molar-refractivity contribution is -0.125. The summed E-state index contributed by atoms with van der Waals surface area (Å²) in [7, 11) is 1.60. The molecule has 5 nitrogen and oxygen atoms in total. The average molecular weight is 379 g/mol. The van der Waals surface area contributed by atoms with Crippen LogP contribution in [0.1, 0.15) is 25.0 Å². The van der Waals surface area contributed by atoms with Gasteiger partial charge in [0.25, 0.3) is 0 Å². The van der Waals surface area contributed by atoms with Crippen molar-refractivity contribution in [3.63, 3.8) is 0 Å². The van der Waals surface area contributed by atoms with Gasteiger partial charge in [0.2, 0.25) is 5.91 Å². The van der Waals surface area contributed by atoms with Gasteiger partial charge in [0.05, 0.1) is 7.11 Å². The Balaban J connectivity index is 0.00000338. The molecule has 0 aliphatic carbocycles. The molecule has 0 spiro atoms. The molecule has 0 aliphatic rings. The lowest BCUT2D eigenvalue weighted by Gasteiger charge is -2.16. The smallest absolute Gasteiger partial charge is 0.224 e. The van der Waals surface area contributed by atoms with Crippen molar-refractivity contribution in [1.82, 2.24) is 5.32 Å². The SMILES string of the molecule is COc1cc(CNC(=O)C(C)C(C)N)ccc1OCc1ccccc1.Cl. The number of hydrogen-bond donors (Lipinski definition) is 2. The second-order valence-electron chi connectivity index (χ2n) is 6.13. The molecule has 0 saturated carbocycles. The second-order valence-corrected chi connectivity index (χ2v) is 6.13. The maximum Gasteiger partial charge on any atom is 0.224 e. The molecule has 3 N–H and O–H groups in total. The first-order chi connectivity index (χ1) is 12.0. The van der Waals surface area contributed by atoms with Crippen molar-refractivity contribution in [2.75, 3.05) is 7.11 Å². The van der Waals surface area contributed by atoms with Crippen molar-refractivity contribution < 1.29 is 14.3 Å². The lowest BCUT2D eigenvalue weighted by Crippen LogP contribution is -2.38. The maximum atomic E-state index is 12.0. The number of hydrogen-bond acceptors (Lipinski definition) is 4. The highest BCUT2D eigenvalue weighted by atomic mass is 35.5. The van der Waals surface area contributed by atoms with E-state index in [2.05, 4.69) is 5.32 Å². The van der Waals surface area contributed by atoms with Gasteiger partial charge in [-0.1, -0.05) is 43.3 Å². The number of ether oxygens (including phenoxy) is 2. The maximum absolute atomic E-state index is 12.0. The largest absolute Gasteiger partial charge is 0.493 e.